The van der Waals surface area contributed by atoms with Crippen LogP contribution in [0.2, 0.25) is 0 Å². The minimum Gasteiger partial charge on any atom is -0.504 e. The van der Waals surface area contributed by atoms with Crippen LogP contribution in [-0.4, -0.2) is 16.2 Å². The minimum atomic E-state index is -1.07. The summed E-state index contributed by atoms with van der Waals surface area (Å²) in [7, 11) is 0. The number of carbonyl (C=O) groups is 1. The number of hydrogen-bond donors (Lipinski definition) is 2. The molecule has 0 spiro atoms. The summed E-state index contributed by atoms with van der Waals surface area (Å²) >= 11 is 0. The topological polar surface area (TPSA) is 70.7 Å². The fraction of sp³-hybridized carbons (Fsp3) is 0. The SMILES string of the molecule is O=C(O)c1cc(O)c2occc2c1. The fourth-order valence-electron chi connectivity index (χ4n) is 1.19. The number of rotatable bonds is 1. The largest absolute Gasteiger partial charge is 0.504 e. The summed E-state index contributed by atoms with van der Waals surface area (Å²) in [4.78, 5) is 10.6. The molecule has 1 aromatic heterocycles. The molecule has 2 aromatic rings. The van der Waals surface area contributed by atoms with Crippen LogP contribution in [0.25, 0.3) is 11.0 Å². The summed E-state index contributed by atoms with van der Waals surface area (Å²) in [6, 6.07) is 4.20. The molecule has 66 valence electrons. The van der Waals surface area contributed by atoms with E-state index in [1.165, 1.54) is 12.3 Å². The number of aromatic carboxylic acids is 1. The van der Waals surface area contributed by atoms with Gasteiger partial charge in [-0.05, 0) is 18.2 Å². The Morgan fingerprint density at radius 1 is 1.38 bits per heavy atom. The first kappa shape index (κ1) is 7.67. The molecule has 0 atom stereocenters. The van der Waals surface area contributed by atoms with Crippen molar-refractivity contribution in [3.05, 3.63) is 30.0 Å². The van der Waals surface area contributed by atoms with E-state index in [1.807, 2.05) is 0 Å². The van der Waals surface area contributed by atoms with Crippen molar-refractivity contribution >= 4 is 16.9 Å². The van der Waals surface area contributed by atoms with Crippen LogP contribution in [0.1, 0.15) is 10.4 Å². The molecular formula is C9H6O4. The van der Waals surface area contributed by atoms with Gasteiger partial charge in [0.1, 0.15) is 0 Å². The first-order chi connectivity index (χ1) is 6.18. The summed E-state index contributed by atoms with van der Waals surface area (Å²) in [5, 5.41) is 18.6. The van der Waals surface area contributed by atoms with Crippen molar-refractivity contribution < 1.29 is 19.4 Å². The van der Waals surface area contributed by atoms with Gasteiger partial charge in [0.25, 0.3) is 0 Å². The highest BCUT2D eigenvalue weighted by molar-refractivity contribution is 5.95. The third-order valence-electron chi connectivity index (χ3n) is 1.78. The third kappa shape index (κ3) is 1.12. The predicted octanol–water partition coefficient (Wildman–Crippen LogP) is 1.84. The van der Waals surface area contributed by atoms with Gasteiger partial charge in [-0.25, -0.2) is 4.79 Å². The molecular weight excluding hydrogens is 172 g/mol. The Hall–Kier alpha value is -1.97. The number of furan rings is 1. The molecule has 0 fully saturated rings. The lowest BCUT2D eigenvalue weighted by Crippen LogP contribution is -1.94. The smallest absolute Gasteiger partial charge is 0.335 e. The van der Waals surface area contributed by atoms with Gasteiger partial charge in [-0.2, -0.15) is 0 Å². The summed E-state index contributed by atoms with van der Waals surface area (Å²) in [6.45, 7) is 0. The number of carboxylic acids is 1. The predicted molar refractivity (Wildman–Crippen MR) is 44.8 cm³/mol. The van der Waals surface area contributed by atoms with E-state index < -0.39 is 5.97 Å². The molecule has 0 aliphatic heterocycles. The molecule has 0 amide bonds. The molecule has 1 heterocycles. The Labute approximate surface area is 73.0 Å². The number of phenols is 1. The zero-order chi connectivity index (χ0) is 9.42. The lowest BCUT2D eigenvalue weighted by atomic mass is 10.1. The zero-order valence-corrected chi connectivity index (χ0v) is 6.52. The molecule has 4 heteroatoms. The molecule has 13 heavy (non-hydrogen) atoms. The molecule has 2 rings (SSSR count). The van der Waals surface area contributed by atoms with Crippen LogP contribution in [0.4, 0.5) is 0 Å². The van der Waals surface area contributed by atoms with E-state index >= 15 is 0 Å². The molecule has 0 saturated heterocycles. The van der Waals surface area contributed by atoms with Crippen LogP contribution in [0, 0.1) is 0 Å². The molecule has 0 aliphatic rings. The minimum absolute atomic E-state index is 0.0476. The van der Waals surface area contributed by atoms with Crippen LogP contribution in [-0.2, 0) is 0 Å². The van der Waals surface area contributed by atoms with Crippen LogP contribution < -0.4 is 0 Å². The van der Waals surface area contributed by atoms with Crippen molar-refractivity contribution in [3.63, 3.8) is 0 Å². The van der Waals surface area contributed by atoms with Gasteiger partial charge in [0.2, 0.25) is 0 Å². The first-order valence-electron chi connectivity index (χ1n) is 3.62. The third-order valence-corrected chi connectivity index (χ3v) is 1.78. The Kier molecular flexibility index (Phi) is 1.48. The molecule has 0 radical (unpaired) electrons. The fourth-order valence-corrected chi connectivity index (χ4v) is 1.19. The second-order valence-electron chi connectivity index (χ2n) is 2.64. The number of hydrogen-bond acceptors (Lipinski definition) is 3. The van der Waals surface area contributed by atoms with Crippen LogP contribution in [0.5, 0.6) is 5.75 Å². The summed E-state index contributed by atoms with van der Waals surface area (Å²) < 4.78 is 4.94. The van der Waals surface area contributed by atoms with Gasteiger partial charge >= 0.3 is 5.97 Å². The van der Waals surface area contributed by atoms with E-state index in [4.69, 9.17) is 9.52 Å². The van der Waals surface area contributed by atoms with E-state index in [2.05, 4.69) is 0 Å². The van der Waals surface area contributed by atoms with E-state index in [-0.39, 0.29) is 11.3 Å². The molecule has 1 aromatic carbocycles. The second-order valence-corrected chi connectivity index (χ2v) is 2.64. The van der Waals surface area contributed by atoms with E-state index in [1.54, 1.807) is 6.07 Å². The Bertz CT molecular complexity index is 469. The summed E-state index contributed by atoms with van der Waals surface area (Å²) in [5.74, 6) is -1.22. The average Bonchev–Trinajstić information content (AvgIpc) is 2.51. The highest BCUT2D eigenvalue weighted by Crippen LogP contribution is 2.27. The van der Waals surface area contributed by atoms with E-state index in [0.29, 0.717) is 11.0 Å². The number of phenolic OH excluding ortho intramolecular Hbond substituents is 1. The van der Waals surface area contributed by atoms with Crippen LogP contribution in [0.3, 0.4) is 0 Å². The highest BCUT2D eigenvalue weighted by atomic mass is 16.4. The lowest BCUT2D eigenvalue weighted by Gasteiger charge is -1.96. The molecule has 0 unspecified atom stereocenters. The maximum atomic E-state index is 10.6. The lowest BCUT2D eigenvalue weighted by molar-refractivity contribution is 0.0696. The molecule has 0 aliphatic carbocycles. The van der Waals surface area contributed by atoms with Gasteiger partial charge in [0, 0.05) is 5.39 Å². The second kappa shape index (κ2) is 2.52. The van der Waals surface area contributed by atoms with Crippen LogP contribution in [0.15, 0.2) is 28.9 Å². The molecule has 4 nitrogen and oxygen atoms in total. The maximum Gasteiger partial charge on any atom is 0.335 e. The summed E-state index contributed by atoms with van der Waals surface area (Å²) in [6.07, 6.45) is 1.40. The molecule has 0 bridgehead atoms. The van der Waals surface area contributed by atoms with Crippen molar-refractivity contribution in [2.45, 2.75) is 0 Å². The van der Waals surface area contributed by atoms with Gasteiger partial charge < -0.3 is 14.6 Å². The van der Waals surface area contributed by atoms with Gasteiger partial charge in [-0.15, -0.1) is 0 Å². The quantitative estimate of drug-likeness (QED) is 0.698. The Morgan fingerprint density at radius 2 is 2.15 bits per heavy atom. The molecule has 0 saturated carbocycles. The van der Waals surface area contributed by atoms with Crippen LogP contribution >= 0.6 is 0 Å². The van der Waals surface area contributed by atoms with Crippen molar-refractivity contribution in [2.75, 3.05) is 0 Å². The zero-order valence-electron chi connectivity index (χ0n) is 6.52. The van der Waals surface area contributed by atoms with Gasteiger partial charge in [-0.1, -0.05) is 0 Å². The molecule has 2 N–H and O–H groups in total. The van der Waals surface area contributed by atoms with Gasteiger partial charge in [0.15, 0.2) is 11.3 Å². The van der Waals surface area contributed by atoms with Crippen molar-refractivity contribution in [1.82, 2.24) is 0 Å². The number of aromatic hydroxyl groups is 1. The standard InChI is InChI=1S/C9H6O4/c10-7-4-6(9(11)12)3-5-1-2-13-8(5)7/h1-4,10H,(H,11,12). The Balaban J connectivity index is 2.77. The average molecular weight is 178 g/mol. The van der Waals surface area contributed by atoms with Crippen molar-refractivity contribution in [3.8, 4) is 5.75 Å². The van der Waals surface area contributed by atoms with E-state index in [0.717, 1.165) is 6.07 Å². The highest BCUT2D eigenvalue weighted by Gasteiger charge is 2.09. The van der Waals surface area contributed by atoms with Gasteiger partial charge in [-0.3, -0.25) is 0 Å². The maximum absolute atomic E-state index is 10.6. The van der Waals surface area contributed by atoms with E-state index in [9.17, 15) is 9.90 Å². The Morgan fingerprint density at radius 3 is 2.85 bits per heavy atom. The van der Waals surface area contributed by atoms with Gasteiger partial charge in [0.05, 0.1) is 11.8 Å². The van der Waals surface area contributed by atoms with Crippen molar-refractivity contribution in [1.29, 1.82) is 0 Å². The number of fused-ring (bicyclic) bond motifs is 1. The normalized spacial score (nSPS) is 10.5. The number of benzene rings is 1. The number of carboxylic acid groups (broad SMARTS) is 1. The summed E-state index contributed by atoms with van der Waals surface area (Å²) in [5.41, 5.74) is 0.358. The first-order valence-corrected chi connectivity index (χ1v) is 3.62. The van der Waals surface area contributed by atoms with Crippen molar-refractivity contribution in [2.24, 2.45) is 0 Å². The monoisotopic (exact) mass is 178 g/mol.